The molecule has 5 nitrogen and oxygen atoms in total. The third kappa shape index (κ3) is 10.7. The van der Waals surface area contributed by atoms with Crippen LogP contribution in [-0.4, -0.2) is 19.6 Å². The van der Waals surface area contributed by atoms with E-state index in [2.05, 4.69) is 4.18 Å². The van der Waals surface area contributed by atoms with Crippen molar-refractivity contribution in [3.8, 4) is 6.07 Å². The lowest BCUT2D eigenvalue weighted by atomic mass is 10.5. The second-order valence-electron chi connectivity index (χ2n) is 1.16. The first-order valence-corrected chi connectivity index (χ1v) is 3.41. The van der Waals surface area contributed by atoms with E-state index in [0.717, 1.165) is 0 Å². The van der Waals surface area contributed by atoms with E-state index in [4.69, 9.17) is 9.81 Å². The molecule has 0 rings (SSSR count). The standard InChI is InChI=1S/C3H5NO4S.H3P/c4-2-1-3-8-9(5,6)7;/h1,3H2,(H,5,6,7);1H3. The molecule has 0 aromatic carbocycles. The third-order valence-corrected chi connectivity index (χ3v) is 0.911. The van der Waals surface area contributed by atoms with Crippen LogP contribution in [-0.2, 0) is 14.6 Å². The molecule has 10 heavy (non-hydrogen) atoms. The highest BCUT2D eigenvalue weighted by Crippen LogP contribution is 1.86. The van der Waals surface area contributed by atoms with Crippen molar-refractivity contribution in [1.29, 1.82) is 5.26 Å². The molecule has 0 saturated heterocycles. The minimum atomic E-state index is -4.35. The molecule has 0 heterocycles. The van der Waals surface area contributed by atoms with Gasteiger partial charge in [0.1, 0.15) is 0 Å². The van der Waals surface area contributed by atoms with Gasteiger partial charge in [0, 0.05) is 0 Å². The molecule has 0 aliphatic rings. The van der Waals surface area contributed by atoms with Crippen LogP contribution in [0.1, 0.15) is 6.42 Å². The van der Waals surface area contributed by atoms with Gasteiger partial charge in [0.2, 0.25) is 0 Å². The number of rotatable bonds is 3. The Morgan fingerprint density at radius 2 is 2.10 bits per heavy atom. The molecule has 1 atom stereocenters. The van der Waals surface area contributed by atoms with Gasteiger partial charge >= 0.3 is 10.4 Å². The van der Waals surface area contributed by atoms with Gasteiger partial charge in [0.15, 0.2) is 0 Å². The first-order chi connectivity index (χ1) is 4.06. The van der Waals surface area contributed by atoms with Gasteiger partial charge in [-0.25, -0.2) is 4.18 Å². The molecular weight excluding hydrogens is 177 g/mol. The number of hydrogen-bond donors (Lipinski definition) is 1. The molecule has 0 radical (unpaired) electrons. The van der Waals surface area contributed by atoms with Crippen molar-refractivity contribution in [3.63, 3.8) is 0 Å². The fraction of sp³-hybridized carbons (Fsp3) is 0.667. The Kier molecular flexibility index (Phi) is 6.94. The molecule has 0 spiro atoms. The van der Waals surface area contributed by atoms with Crippen molar-refractivity contribution in [1.82, 2.24) is 0 Å². The fourth-order valence-corrected chi connectivity index (χ4v) is 0.487. The molecule has 7 heteroatoms. The second kappa shape index (κ2) is 5.57. The minimum absolute atomic E-state index is 0. The van der Waals surface area contributed by atoms with Gasteiger partial charge < -0.3 is 0 Å². The smallest absolute Gasteiger partial charge is 0.264 e. The Morgan fingerprint density at radius 1 is 1.60 bits per heavy atom. The fourth-order valence-electron chi connectivity index (χ4n) is 0.193. The van der Waals surface area contributed by atoms with Crippen LogP contribution in [0.3, 0.4) is 0 Å². The molecule has 0 aliphatic carbocycles. The normalized spacial score (nSPS) is 9.60. The van der Waals surface area contributed by atoms with Crippen molar-refractivity contribution in [2.75, 3.05) is 6.61 Å². The van der Waals surface area contributed by atoms with Crippen LogP contribution in [0.4, 0.5) is 0 Å². The summed E-state index contributed by atoms with van der Waals surface area (Å²) in [5.41, 5.74) is 0. The van der Waals surface area contributed by atoms with Gasteiger partial charge in [-0.05, 0) is 0 Å². The summed E-state index contributed by atoms with van der Waals surface area (Å²) in [6.45, 7) is -0.296. The van der Waals surface area contributed by atoms with Gasteiger partial charge in [-0.1, -0.05) is 0 Å². The van der Waals surface area contributed by atoms with Gasteiger partial charge in [-0.15, -0.1) is 0 Å². The van der Waals surface area contributed by atoms with Crippen LogP contribution in [0.25, 0.3) is 0 Å². The summed E-state index contributed by atoms with van der Waals surface area (Å²) in [7, 11) is -4.35. The van der Waals surface area contributed by atoms with Gasteiger partial charge in [-0.3, -0.25) is 4.55 Å². The Balaban J connectivity index is 0. The van der Waals surface area contributed by atoms with E-state index < -0.39 is 10.4 Å². The van der Waals surface area contributed by atoms with Gasteiger partial charge in [0.05, 0.1) is 19.1 Å². The Bertz CT molecular complexity index is 205. The summed E-state index contributed by atoms with van der Waals surface area (Å²) in [5.74, 6) is 0. The Labute approximate surface area is 62.6 Å². The maximum Gasteiger partial charge on any atom is 0.397 e. The molecule has 0 fully saturated rings. The molecule has 0 amide bonds. The summed E-state index contributed by atoms with van der Waals surface area (Å²) >= 11 is 0. The first kappa shape index (κ1) is 12.5. The quantitative estimate of drug-likeness (QED) is 0.373. The number of nitriles is 1. The molecular formula is C3H8NO4PS. The van der Waals surface area contributed by atoms with Crippen molar-refractivity contribution in [2.24, 2.45) is 0 Å². The van der Waals surface area contributed by atoms with Crippen molar-refractivity contribution < 1.29 is 17.2 Å². The van der Waals surface area contributed by atoms with E-state index in [1.165, 1.54) is 0 Å². The summed E-state index contributed by atoms with van der Waals surface area (Å²) in [6, 6.07) is 1.64. The summed E-state index contributed by atoms with van der Waals surface area (Å²) < 4.78 is 31.1. The van der Waals surface area contributed by atoms with Crippen LogP contribution in [0.2, 0.25) is 0 Å². The third-order valence-electron chi connectivity index (χ3n) is 0.446. The zero-order chi connectivity index (χ0) is 7.33. The van der Waals surface area contributed by atoms with E-state index >= 15 is 0 Å². The van der Waals surface area contributed by atoms with Crippen molar-refractivity contribution >= 4 is 20.3 Å². The average Bonchev–Trinajstić information content (AvgIpc) is 1.63. The highest BCUT2D eigenvalue weighted by molar-refractivity contribution is 7.80. The molecule has 60 valence electrons. The lowest BCUT2D eigenvalue weighted by Crippen LogP contribution is -2.03. The highest BCUT2D eigenvalue weighted by atomic mass is 32.3. The molecule has 1 unspecified atom stereocenters. The molecule has 0 bridgehead atoms. The molecule has 0 aliphatic heterocycles. The zero-order valence-corrected chi connectivity index (χ0v) is 7.38. The predicted molar refractivity (Wildman–Crippen MR) is 38.8 cm³/mol. The van der Waals surface area contributed by atoms with E-state index in [1.54, 1.807) is 6.07 Å². The first-order valence-electron chi connectivity index (χ1n) is 2.05. The lowest BCUT2D eigenvalue weighted by molar-refractivity contribution is 0.274. The van der Waals surface area contributed by atoms with Crippen LogP contribution >= 0.6 is 9.90 Å². The Hall–Kier alpha value is -0.210. The average molecular weight is 185 g/mol. The minimum Gasteiger partial charge on any atom is -0.264 e. The number of hydrogen-bond acceptors (Lipinski definition) is 4. The van der Waals surface area contributed by atoms with E-state index in [9.17, 15) is 8.42 Å². The van der Waals surface area contributed by atoms with Crippen LogP contribution in [0.15, 0.2) is 0 Å². The molecule has 0 saturated carbocycles. The van der Waals surface area contributed by atoms with Crippen LogP contribution in [0, 0.1) is 11.3 Å². The van der Waals surface area contributed by atoms with Gasteiger partial charge in [0.25, 0.3) is 0 Å². The molecule has 1 N–H and O–H groups in total. The van der Waals surface area contributed by atoms with E-state index in [1.807, 2.05) is 0 Å². The van der Waals surface area contributed by atoms with Crippen molar-refractivity contribution in [3.05, 3.63) is 0 Å². The maximum atomic E-state index is 9.73. The zero-order valence-electron chi connectivity index (χ0n) is 5.15. The summed E-state index contributed by atoms with van der Waals surface area (Å²) in [4.78, 5) is 0. The summed E-state index contributed by atoms with van der Waals surface area (Å²) in [5, 5.41) is 7.86. The van der Waals surface area contributed by atoms with E-state index in [0.29, 0.717) is 0 Å². The largest absolute Gasteiger partial charge is 0.397 e. The Morgan fingerprint density at radius 3 is 2.40 bits per heavy atom. The van der Waals surface area contributed by atoms with Gasteiger partial charge in [-0.2, -0.15) is 23.6 Å². The van der Waals surface area contributed by atoms with Crippen LogP contribution in [0.5, 0.6) is 0 Å². The van der Waals surface area contributed by atoms with E-state index in [-0.39, 0.29) is 22.9 Å². The van der Waals surface area contributed by atoms with Crippen molar-refractivity contribution in [2.45, 2.75) is 6.42 Å². The highest BCUT2D eigenvalue weighted by Gasteiger charge is 2.01. The SMILES string of the molecule is N#CCCOS(=O)(=O)O.P. The molecule has 0 aromatic rings. The maximum absolute atomic E-state index is 9.73. The van der Waals surface area contributed by atoms with Crippen LogP contribution < -0.4 is 0 Å². The topological polar surface area (TPSA) is 87.4 Å². The lowest BCUT2D eigenvalue weighted by Gasteiger charge is -1.91. The monoisotopic (exact) mass is 185 g/mol. The predicted octanol–water partition coefficient (Wildman–Crippen LogP) is -0.222. The summed E-state index contributed by atoms with van der Waals surface area (Å²) in [6.07, 6.45) is -0.0558. The second-order valence-corrected chi connectivity index (χ2v) is 2.25. The molecule has 0 aromatic heterocycles. The number of nitrogens with zero attached hydrogens (tertiary/aromatic N) is 1.